The molecule has 1 amide bonds. The summed E-state index contributed by atoms with van der Waals surface area (Å²) in [5.74, 6) is 1.25. The van der Waals surface area contributed by atoms with Crippen LogP contribution in [-0.2, 0) is 5.41 Å². The minimum Gasteiger partial charge on any atom is -0.492 e. The molecule has 0 radical (unpaired) electrons. The normalized spacial score (nSPS) is 17.2. The summed E-state index contributed by atoms with van der Waals surface area (Å²) in [5, 5.41) is 1.10. The molecule has 1 fully saturated rings. The highest BCUT2D eigenvalue weighted by atomic mass is 35.5. The number of ether oxygens (including phenoxy) is 1. The van der Waals surface area contributed by atoms with Crippen molar-refractivity contribution in [3.05, 3.63) is 98.5 Å². The van der Waals surface area contributed by atoms with Gasteiger partial charge in [0, 0.05) is 36.1 Å². The highest BCUT2D eigenvalue weighted by molar-refractivity contribution is 6.42. The Hall–Kier alpha value is -2.53. The van der Waals surface area contributed by atoms with Gasteiger partial charge in [0.1, 0.15) is 5.75 Å². The molecule has 1 saturated heterocycles. The molecule has 3 aromatic carbocycles. The van der Waals surface area contributed by atoms with Crippen LogP contribution in [0.3, 0.4) is 0 Å². The molecule has 3 aromatic rings. The van der Waals surface area contributed by atoms with Crippen molar-refractivity contribution in [1.29, 1.82) is 0 Å². The van der Waals surface area contributed by atoms with Crippen molar-refractivity contribution in [2.24, 2.45) is 0 Å². The number of benzene rings is 3. The van der Waals surface area contributed by atoms with E-state index >= 15 is 0 Å². The predicted molar refractivity (Wildman–Crippen MR) is 156 cm³/mol. The molecule has 0 aromatic heterocycles. The standard InChI is InChI=1S/C32H36Cl2N2O2/c1-22-16-23(2)18-26(17-22)31(37)35(3)20-25(24-8-9-28(33)29(34)19-24)10-13-36-14-11-32(12-15-36)21-38-30-7-5-4-6-27(30)32/h4-9,16-19,25H,10-15,20-21H2,1-3H3. The Labute approximate surface area is 236 Å². The Bertz CT molecular complexity index is 1300. The lowest BCUT2D eigenvalue weighted by molar-refractivity contribution is 0.0779. The van der Waals surface area contributed by atoms with Crippen molar-refractivity contribution in [2.45, 2.75) is 44.4 Å². The Morgan fingerprint density at radius 2 is 1.71 bits per heavy atom. The first-order chi connectivity index (χ1) is 18.2. The predicted octanol–water partition coefficient (Wildman–Crippen LogP) is 7.28. The highest BCUT2D eigenvalue weighted by Crippen LogP contribution is 2.45. The van der Waals surface area contributed by atoms with E-state index in [0.717, 1.165) is 73.5 Å². The fourth-order valence-corrected chi connectivity index (χ4v) is 6.45. The zero-order chi connectivity index (χ0) is 26.9. The molecule has 0 bridgehead atoms. The zero-order valence-corrected chi connectivity index (χ0v) is 24.0. The van der Waals surface area contributed by atoms with Gasteiger partial charge in [-0.3, -0.25) is 4.79 Å². The van der Waals surface area contributed by atoms with E-state index < -0.39 is 0 Å². The summed E-state index contributed by atoms with van der Waals surface area (Å²) in [6.45, 7) is 8.52. The number of fused-ring (bicyclic) bond motifs is 2. The number of hydrogen-bond acceptors (Lipinski definition) is 3. The molecule has 1 unspecified atom stereocenters. The largest absolute Gasteiger partial charge is 0.492 e. The van der Waals surface area contributed by atoms with Crippen LogP contribution < -0.4 is 4.74 Å². The fraction of sp³-hybridized carbons (Fsp3) is 0.406. The second-order valence-corrected chi connectivity index (χ2v) is 11.9. The van der Waals surface area contributed by atoms with Crippen LogP contribution in [0.25, 0.3) is 0 Å². The third-order valence-electron chi connectivity index (χ3n) is 8.29. The van der Waals surface area contributed by atoms with E-state index in [4.69, 9.17) is 27.9 Å². The number of amides is 1. The van der Waals surface area contributed by atoms with Gasteiger partial charge in [-0.15, -0.1) is 0 Å². The van der Waals surface area contributed by atoms with Crippen molar-refractivity contribution in [1.82, 2.24) is 9.80 Å². The molecule has 38 heavy (non-hydrogen) atoms. The van der Waals surface area contributed by atoms with E-state index in [1.165, 1.54) is 5.56 Å². The Morgan fingerprint density at radius 1 is 1.00 bits per heavy atom. The Kier molecular flexibility index (Phi) is 8.04. The molecule has 1 atom stereocenters. The van der Waals surface area contributed by atoms with E-state index in [2.05, 4.69) is 35.2 Å². The number of halogens is 2. The average Bonchev–Trinajstić information content (AvgIpc) is 3.26. The first kappa shape index (κ1) is 27.1. The minimum atomic E-state index is 0.0432. The molecular weight excluding hydrogens is 515 g/mol. The van der Waals surface area contributed by atoms with Gasteiger partial charge in [0.05, 0.1) is 16.7 Å². The van der Waals surface area contributed by atoms with Crippen LogP contribution in [0.5, 0.6) is 5.75 Å². The van der Waals surface area contributed by atoms with Crippen molar-refractivity contribution < 1.29 is 9.53 Å². The van der Waals surface area contributed by atoms with Gasteiger partial charge in [-0.05, 0) is 88.6 Å². The summed E-state index contributed by atoms with van der Waals surface area (Å²) in [6, 6.07) is 20.4. The second kappa shape index (κ2) is 11.3. The minimum absolute atomic E-state index is 0.0432. The van der Waals surface area contributed by atoms with Crippen LogP contribution in [0.2, 0.25) is 10.0 Å². The number of piperidine rings is 1. The summed E-state index contributed by atoms with van der Waals surface area (Å²) < 4.78 is 6.04. The maximum Gasteiger partial charge on any atom is 0.253 e. The fourth-order valence-electron chi connectivity index (χ4n) is 6.14. The molecule has 6 heteroatoms. The molecule has 200 valence electrons. The summed E-state index contributed by atoms with van der Waals surface area (Å²) in [6.07, 6.45) is 3.14. The maximum absolute atomic E-state index is 13.3. The number of carbonyl (C=O) groups excluding carboxylic acids is 1. The molecular formula is C32H36Cl2N2O2. The van der Waals surface area contributed by atoms with Crippen molar-refractivity contribution >= 4 is 29.1 Å². The number of hydrogen-bond donors (Lipinski definition) is 0. The van der Waals surface area contributed by atoms with Crippen LogP contribution in [0.15, 0.2) is 60.7 Å². The molecule has 5 rings (SSSR count). The number of aryl methyl sites for hydroxylation is 2. The average molecular weight is 552 g/mol. The lowest BCUT2D eigenvalue weighted by atomic mass is 9.74. The van der Waals surface area contributed by atoms with Gasteiger partial charge >= 0.3 is 0 Å². The number of rotatable bonds is 7. The molecule has 2 heterocycles. The van der Waals surface area contributed by atoms with Gasteiger partial charge in [-0.1, -0.05) is 64.7 Å². The smallest absolute Gasteiger partial charge is 0.253 e. The molecule has 0 saturated carbocycles. The molecule has 2 aliphatic rings. The van der Waals surface area contributed by atoms with E-state index in [9.17, 15) is 4.79 Å². The molecule has 0 N–H and O–H groups in total. The van der Waals surface area contributed by atoms with E-state index in [0.29, 0.717) is 16.6 Å². The van der Waals surface area contributed by atoms with Gasteiger partial charge in [0.2, 0.25) is 0 Å². The monoisotopic (exact) mass is 550 g/mol. The summed E-state index contributed by atoms with van der Waals surface area (Å²) in [7, 11) is 1.90. The first-order valence-electron chi connectivity index (χ1n) is 13.5. The quantitative estimate of drug-likeness (QED) is 0.309. The van der Waals surface area contributed by atoms with Gasteiger partial charge in [0.15, 0.2) is 0 Å². The molecule has 4 nitrogen and oxygen atoms in total. The van der Waals surface area contributed by atoms with Crippen LogP contribution >= 0.6 is 23.2 Å². The number of likely N-dealkylation sites (tertiary alicyclic amines) is 1. The topological polar surface area (TPSA) is 32.8 Å². The Morgan fingerprint density at radius 3 is 2.42 bits per heavy atom. The highest BCUT2D eigenvalue weighted by Gasteiger charge is 2.42. The van der Waals surface area contributed by atoms with Crippen LogP contribution in [0.4, 0.5) is 0 Å². The lowest BCUT2D eigenvalue weighted by Gasteiger charge is -2.39. The molecule has 2 aliphatic heterocycles. The van der Waals surface area contributed by atoms with Crippen molar-refractivity contribution in [3.63, 3.8) is 0 Å². The van der Waals surface area contributed by atoms with Gasteiger partial charge in [-0.2, -0.15) is 0 Å². The van der Waals surface area contributed by atoms with Crippen LogP contribution in [0.1, 0.15) is 57.8 Å². The summed E-state index contributed by atoms with van der Waals surface area (Å²) in [4.78, 5) is 17.7. The summed E-state index contributed by atoms with van der Waals surface area (Å²) >= 11 is 12.6. The van der Waals surface area contributed by atoms with Gasteiger partial charge in [0.25, 0.3) is 5.91 Å². The number of nitrogens with zero attached hydrogens (tertiary/aromatic N) is 2. The lowest BCUT2D eigenvalue weighted by Crippen LogP contribution is -2.44. The van der Waals surface area contributed by atoms with Crippen LogP contribution in [-0.4, -0.2) is 55.5 Å². The number of para-hydroxylation sites is 1. The zero-order valence-electron chi connectivity index (χ0n) is 22.5. The maximum atomic E-state index is 13.3. The molecule has 0 aliphatic carbocycles. The SMILES string of the molecule is Cc1cc(C)cc(C(=O)N(C)CC(CCN2CCC3(CC2)COc2ccccc23)c2ccc(Cl)c(Cl)c2)c1. The van der Waals surface area contributed by atoms with E-state index in [1.807, 2.05) is 56.1 Å². The van der Waals surface area contributed by atoms with Gasteiger partial charge in [-0.25, -0.2) is 0 Å². The second-order valence-electron chi connectivity index (χ2n) is 11.1. The van der Waals surface area contributed by atoms with E-state index in [1.54, 1.807) is 0 Å². The van der Waals surface area contributed by atoms with Crippen LogP contribution in [0, 0.1) is 13.8 Å². The third-order valence-corrected chi connectivity index (χ3v) is 9.03. The van der Waals surface area contributed by atoms with E-state index in [-0.39, 0.29) is 17.2 Å². The van der Waals surface area contributed by atoms with Crippen molar-refractivity contribution in [3.8, 4) is 5.75 Å². The first-order valence-corrected chi connectivity index (χ1v) is 14.2. The van der Waals surface area contributed by atoms with Gasteiger partial charge < -0.3 is 14.5 Å². The Balaban J connectivity index is 1.27. The van der Waals surface area contributed by atoms with Crippen molar-refractivity contribution in [2.75, 3.05) is 39.8 Å². The number of likely N-dealkylation sites (N-methyl/N-ethyl adjacent to an activating group) is 1. The summed E-state index contributed by atoms with van der Waals surface area (Å²) in [5.41, 5.74) is 5.57. The number of carbonyl (C=O) groups is 1. The third kappa shape index (κ3) is 5.73. The molecule has 1 spiro atoms.